The lowest BCUT2D eigenvalue weighted by atomic mass is 9.93. The lowest BCUT2D eigenvalue weighted by Crippen LogP contribution is -2.20. The molecule has 0 aromatic heterocycles. The zero-order chi connectivity index (χ0) is 14.3. The molecule has 0 heterocycles. The summed E-state index contributed by atoms with van der Waals surface area (Å²) >= 11 is 0. The molecule has 0 bridgehead atoms. The zero-order valence-corrected chi connectivity index (χ0v) is 11.8. The summed E-state index contributed by atoms with van der Waals surface area (Å²) in [6.45, 7) is 4.32. The van der Waals surface area contributed by atoms with Gasteiger partial charge in [-0.3, -0.25) is 0 Å². The maximum atomic E-state index is 10.2. The van der Waals surface area contributed by atoms with E-state index in [1.165, 1.54) is 0 Å². The van der Waals surface area contributed by atoms with Crippen molar-refractivity contribution in [2.45, 2.75) is 38.7 Å². The summed E-state index contributed by atoms with van der Waals surface area (Å²) in [7, 11) is 1.58. The van der Waals surface area contributed by atoms with Crippen LogP contribution in [0.3, 0.4) is 0 Å². The molecule has 0 aliphatic rings. The molecule has 1 rings (SSSR count). The first-order chi connectivity index (χ1) is 9.05. The molecule has 0 spiro atoms. The van der Waals surface area contributed by atoms with Crippen molar-refractivity contribution in [2.24, 2.45) is 0 Å². The number of rotatable bonds is 7. The first-order valence-electron chi connectivity index (χ1n) is 6.45. The SMILES string of the molecule is CCCCOc1cc(C(C)(O)CC#N)ccc1OC. The number of unbranched alkanes of at least 4 members (excludes halogenated alkanes) is 1. The fourth-order valence-corrected chi connectivity index (χ4v) is 1.71. The third-order valence-electron chi connectivity index (χ3n) is 2.96. The molecular weight excluding hydrogens is 242 g/mol. The Balaban J connectivity index is 2.97. The van der Waals surface area contributed by atoms with E-state index in [1.54, 1.807) is 32.2 Å². The van der Waals surface area contributed by atoms with Crippen LogP contribution in [-0.4, -0.2) is 18.8 Å². The number of ether oxygens (including phenoxy) is 2. The van der Waals surface area contributed by atoms with E-state index in [9.17, 15) is 5.11 Å². The van der Waals surface area contributed by atoms with Gasteiger partial charge in [0, 0.05) is 0 Å². The van der Waals surface area contributed by atoms with Crippen LogP contribution in [0.25, 0.3) is 0 Å². The normalized spacial score (nSPS) is 13.4. The van der Waals surface area contributed by atoms with Gasteiger partial charge >= 0.3 is 0 Å². The third-order valence-corrected chi connectivity index (χ3v) is 2.96. The van der Waals surface area contributed by atoms with Crippen LogP contribution in [0, 0.1) is 11.3 Å². The van der Waals surface area contributed by atoms with Crippen molar-refractivity contribution < 1.29 is 14.6 Å². The quantitative estimate of drug-likeness (QED) is 0.768. The number of nitrogens with zero attached hydrogens (tertiary/aromatic N) is 1. The summed E-state index contributed by atoms with van der Waals surface area (Å²) < 4.78 is 10.9. The van der Waals surface area contributed by atoms with Crippen molar-refractivity contribution in [3.8, 4) is 17.6 Å². The average molecular weight is 263 g/mol. The molecule has 1 atom stereocenters. The summed E-state index contributed by atoms with van der Waals surface area (Å²) in [5, 5.41) is 19.0. The number of nitriles is 1. The lowest BCUT2D eigenvalue weighted by Gasteiger charge is -2.22. The minimum absolute atomic E-state index is 0.0354. The van der Waals surface area contributed by atoms with Crippen molar-refractivity contribution >= 4 is 0 Å². The Bertz CT molecular complexity index is 449. The van der Waals surface area contributed by atoms with Crippen LogP contribution in [0.1, 0.15) is 38.7 Å². The first-order valence-corrected chi connectivity index (χ1v) is 6.45. The van der Waals surface area contributed by atoms with E-state index in [4.69, 9.17) is 14.7 Å². The van der Waals surface area contributed by atoms with Crippen LogP contribution in [0.4, 0.5) is 0 Å². The highest BCUT2D eigenvalue weighted by atomic mass is 16.5. The van der Waals surface area contributed by atoms with Gasteiger partial charge in [0.1, 0.15) is 0 Å². The molecular formula is C15H21NO3. The van der Waals surface area contributed by atoms with E-state index in [0.717, 1.165) is 12.8 Å². The molecule has 1 aromatic carbocycles. The first kappa shape index (κ1) is 15.3. The minimum atomic E-state index is -1.18. The summed E-state index contributed by atoms with van der Waals surface area (Å²) in [4.78, 5) is 0. The van der Waals surface area contributed by atoms with Gasteiger partial charge in [0.25, 0.3) is 0 Å². The fraction of sp³-hybridized carbons (Fsp3) is 0.533. The van der Waals surface area contributed by atoms with E-state index in [-0.39, 0.29) is 6.42 Å². The Morgan fingerprint density at radius 3 is 2.68 bits per heavy atom. The summed E-state index contributed by atoms with van der Waals surface area (Å²) in [5.74, 6) is 1.24. The van der Waals surface area contributed by atoms with Crippen molar-refractivity contribution in [1.82, 2.24) is 0 Å². The molecule has 0 aliphatic heterocycles. The fourth-order valence-electron chi connectivity index (χ4n) is 1.71. The number of benzene rings is 1. The van der Waals surface area contributed by atoms with E-state index in [1.807, 2.05) is 6.07 Å². The zero-order valence-electron chi connectivity index (χ0n) is 11.8. The predicted molar refractivity (Wildman–Crippen MR) is 73.2 cm³/mol. The van der Waals surface area contributed by atoms with Crippen molar-refractivity contribution in [1.29, 1.82) is 5.26 Å². The molecule has 0 amide bonds. The summed E-state index contributed by atoms with van der Waals surface area (Å²) in [6.07, 6.45) is 2.05. The van der Waals surface area contributed by atoms with Crippen LogP contribution in [-0.2, 0) is 5.60 Å². The highest BCUT2D eigenvalue weighted by Crippen LogP contribution is 2.33. The molecule has 1 aromatic rings. The van der Waals surface area contributed by atoms with E-state index >= 15 is 0 Å². The van der Waals surface area contributed by atoms with Gasteiger partial charge in [0.15, 0.2) is 11.5 Å². The highest BCUT2D eigenvalue weighted by Gasteiger charge is 2.24. The molecule has 4 heteroatoms. The number of aliphatic hydroxyl groups is 1. The third kappa shape index (κ3) is 4.15. The Kier molecular flexibility index (Phi) is 5.65. The molecule has 0 radical (unpaired) electrons. The molecule has 104 valence electrons. The molecule has 0 saturated heterocycles. The van der Waals surface area contributed by atoms with Crippen LogP contribution in [0.5, 0.6) is 11.5 Å². The van der Waals surface area contributed by atoms with Gasteiger partial charge in [-0.2, -0.15) is 5.26 Å². The topological polar surface area (TPSA) is 62.5 Å². The molecule has 0 aliphatic carbocycles. The second-order valence-corrected chi connectivity index (χ2v) is 4.68. The summed E-state index contributed by atoms with van der Waals surface area (Å²) in [6, 6.07) is 7.23. The molecule has 4 nitrogen and oxygen atoms in total. The molecule has 1 N–H and O–H groups in total. The lowest BCUT2D eigenvalue weighted by molar-refractivity contribution is 0.0620. The Morgan fingerprint density at radius 1 is 1.37 bits per heavy atom. The van der Waals surface area contributed by atoms with Gasteiger partial charge in [-0.25, -0.2) is 0 Å². The molecule has 0 saturated carbocycles. The average Bonchev–Trinajstić information content (AvgIpc) is 2.39. The maximum Gasteiger partial charge on any atom is 0.161 e. The summed E-state index contributed by atoms with van der Waals surface area (Å²) in [5.41, 5.74) is -0.523. The molecule has 1 unspecified atom stereocenters. The molecule has 19 heavy (non-hydrogen) atoms. The Labute approximate surface area is 114 Å². The number of hydrogen-bond donors (Lipinski definition) is 1. The monoisotopic (exact) mass is 263 g/mol. The predicted octanol–water partition coefficient (Wildman–Crippen LogP) is 3.00. The maximum absolute atomic E-state index is 10.2. The highest BCUT2D eigenvalue weighted by molar-refractivity contribution is 5.44. The van der Waals surface area contributed by atoms with Gasteiger partial charge in [0.2, 0.25) is 0 Å². The Hall–Kier alpha value is -1.73. The standard InChI is InChI=1S/C15H21NO3/c1-4-5-10-19-14-11-12(6-7-13(14)18-3)15(2,17)8-9-16/h6-7,11,17H,4-5,8,10H2,1-3H3. The van der Waals surface area contributed by atoms with E-state index in [2.05, 4.69) is 6.92 Å². The second-order valence-electron chi connectivity index (χ2n) is 4.68. The van der Waals surface area contributed by atoms with Crippen LogP contribution >= 0.6 is 0 Å². The van der Waals surface area contributed by atoms with Crippen molar-refractivity contribution in [2.75, 3.05) is 13.7 Å². The number of methoxy groups -OCH3 is 1. The van der Waals surface area contributed by atoms with Gasteiger partial charge < -0.3 is 14.6 Å². The van der Waals surface area contributed by atoms with Gasteiger partial charge in [-0.1, -0.05) is 19.4 Å². The van der Waals surface area contributed by atoms with Gasteiger partial charge in [-0.15, -0.1) is 0 Å². The Morgan fingerprint density at radius 2 is 2.11 bits per heavy atom. The van der Waals surface area contributed by atoms with Crippen LogP contribution in [0.2, 0.25) is 0 Å². The largest absolute Gasteiger partial charge is 0.493 e. The van der Waals surface area contributed by atoms with E-state index in [0.29, 0.717) is 23.7 Å². The van der Waals surface area contributed by atoms with Gasteiger partial charge in [-0.05, 0) is 31.0 Å². The second kappa shape index (κ2) is 7.01. The van der Waals surface area contributed by atoms with E-state index < -0.39 is 5.60 Å². The van der Waals surface area contributed by atoms with Gasteiger partial charge in [0.05, 0.1) is 31.8 Å². The van der Waals surface area contributed by atoms with Crippen molar-refractivity contribution in [3.05, 3.63) is 23.8 Å². The number of hydrogen-bond acceptors (Lipinski definition) is 4. The minimum Gasteiger partial charge on any atom is -0.493 e. The van der Waals surface area contributed by atoms with Crippen LogP contribution in [0.15, 0.2) is 18.2 Å². The molecule has 0 fully saturated rings. The smallest absolute Gasteiger partial charge is 0.161 e. The van der Waals surface area contributed by atoms with Crippen molar-refractivity contribution in [3.63, 3.8) is 0 Å². The van der Waals surface area contributed by atoms with Crippen LogP contribution < -0.4 is 9.47 Å².